The molecular formula is C13H21ClN2OS. The van der Waals surface area contributed by atoms with Gasteiger partial charge < -0.3 is 11.1 Å². The standard InChI is InChI=1S/C13H20N2OS.ClH/c1-10(11(2)14)13(16)15-8-9-17-12-6-4-3-5-7-12;/h3-7,10-11H,8-9,14H2,1-2H3,(H,15,16);1H. The van der Waals surface area contributed by atoms with Crippen LogP contribution in [0.15, 0.2) is 35.2 Å². The van der Waals surface area contributed by atoms with Crippen molar-refractivity contribution < 1.29 is 4.79 Å². The minimum absolute atomic E-state index is 0. The molecule has 0 aliphatic heterocycles. The molecule has 0 saturated carbocycles. The zero-order valence-corrected chi connectivity index (χ0v) is 12.4. The quantitative estimate of drug-likeness (QED) is 0.624. The van der Waals surface area contributed by atoms with Crippen molar-refractivity contribution in [1.82, 2.24) is 5.32 Å². The summed E-state index contributed by atoms with van der Waals surface area (Å²) in [6, 6.07) is 10.1. The smallest absolute Gasteiger partial charge is 0.224 e. The first-order chi connectivity index (χ1) is 8.11. The van der Waals surface area contributed by atoms with Gasteiger partial charge in [-0.05, 0) is 19.1 Å². The van der Waals surface area contributed by atoms with Crippen LogP contribution in [0.25, 0.3) is 0 Å². The van der Waals surface area contributed by atoms with E-state index in [9.17, 15) is 4.79 Å². The molecule has 3 nitrogen and oxygen atoms in total. The molecule has 102 valence electrons. The van der Waals surface area contributed by atoms with E-state index in [0.717, 1.165) is 5.75 Å². The molecule has 18 heavy (non-hydrogen) atoms. The topological polar surface area (TPSA) is 55.1 Å². The zero-order valence-electron chi connectivity index (χ0n) is 10.8. The number of hydrogen-bond acceptors (Lipinski definition) is 3. The summed E-state index contributed by atoms with van der Waals surface area (Å²) in [6.45, 7) is 4.38. The molecule has 0 spiro atoms. The Morgan fingerprint density at radius 2 is 1.94 bits per heavy atom. The molecule has 3 N–H and O–H groups in total. The molecule has 0 aliphatic rings. The first kappa shape index (κ1) is 17.3. The molecule has 0 aliphatic carbocycles. The Balaban J connectivity index is 0.00000289. The first-order valence-corrected chi connectivity index (χ1v) is 6.81. The summed E-state index contributed by atoms with van der Waals surface area (Å²) in [5, 5.41) is 2.89. The number of nitrogens with one attached hydrogen (secondary N) is 1. The fourth-order valence-corrected chi connectivity index (χ4v) is 2.05. The van der Waals surface area contributed by atoms with Crippen LogP contribution in [0.3, 0.4) is 0 Å². The fourth-order valence-electron chi connectivity index (χ4n) is 1.26. The molecule has 1 amide bonds. The molecule has 0 aromatic heterocycles. The molecule has 1 rings (SSSR count). The van der Waals surface area contributed by atoms with Crippen LogP contribution in [0.2, 0.25) is 0 Å². The lowest BCUT2D eigenvalue weighted by atomic mass is 10.0. The Morgan fingerprint density at radius 3 is 2.50 bits per heavy atom. The maximum absolute atomic E-state index is 11.6. The fraction of sp³-hybridized carbons (Fsp3) is 0.462. The van der Waals surface area contributed by atoms with Gasteiger partial charge in [-0.3, -0.25) is 4.79 Å². The first-order valence-electron chi connectivity index (χ1n) is 5.82. The third-order valence-corrected chi connectivity index (χ3v) is 3.63. The average molecular weight is 289 g/mol. The minimum atomic E-state index is -0.128. The molecule has 5 heteroatoms. The lowest BCUT2D eigenvalue weighted by Crippen LogP contribution is -2.39. The van der Waals surface area contributed by atoms with E-state index in [1.54, 1.807) is 11.8 Å². The largest absolute Gasteiger partial charge is 0.355 e. The second-order valence-electron chi connectivity index (χ2n) is 4.10. The molecule has 1 aromatic rings. The summed E-state index contributed by atoms with van der Waals surface area (Å²) < 4.78 is 0. The third-order valence-electron chi connectivity index (χ3n) is 2.62. The maximum atomic E-state index is 11.6. The number of benzene rings is 1. The van der Waals surface area contributed by atoms with E-state index in [2.05, 4.69) is 17.4 Å². The van der Waals surface area contributed by atoms with Crippen molar-refractivity contribution in [2.75, 3.05) is 12.3 Å². The van der Waals surface area contributed by atoms with E-state index in [-0.39, 0.29) is 30.3 Å². The summed E-state index contributed by atoms with van der Waals surface area (Å²) in [5.74, 6) is 0.784. The van der Waals surface area contributed by atoms with Gasteiger partial charge >= 0.3 is 0 Å². The number of carbonyl (C=O) groups is 1. The van der Waals surface area contributed by atoms with Crippen LogP contribution in [0, 0.1) is 5.92 Å². The molecule has 0 bridgehead atoms. The Bertz CT molecular complexity index is 346. The highest BCUT2D eigenvalue weighted by atomic mass is 35.5. The van der Waals surface area contributed by atoms with Crippen LogP contribution in [0.5, 0.6) is 0 Å². The number of halogens is 1. The highest BCUT2D eigenvalue weighted by Crippen LogP contribution is 2.15. The molecule has 0 fully saturated rings. The SMILES string of the molecule is CC(N)C(C)C(=O)NCCSc1ccccc1.Cl. The van der Waals surface area contributed by atoms with Crippen molar-refractivity contribution in [2.45, 2.75) is 24.8 Å². The summed E-state index contributed by atoms with van der Waals surface area (Å²) >= 11 is 1.74. The van der Waals surface area contributed by atoms with E-state index in [1.165, 1.54) is 4.90 Å². The zero-order chi connectivity index (χ0) is 12.7. The highest BCUT2D eigenvalue weighted by Gasteiger charge is 2.15. The minimum Gasteiger partial charge on any atom is -0.355 e. The van der Waals surface area contributed by atoms with E-state index in [4.69, 9.17) is 5.73 Å². The Hall–Kier alpha value is -0.710. The van der Waals surface area contributed by atoms with Crippen LogP contribution in [-0.2, 0) is 4.79 Å². The molecule has 2 atom stereocenters. The maximum Gasteiger partial charge on any atom is 0.224 e. The number of thioether (sulfide) groups is 1. The van der Waals surface area contributed by atoms with Crippen molar-refractivity contribution in [1.29, 1.82) is 0 Å². The second-order valence-corrected chi connectivity index (χ2v) is 5.27. The predicted molar refractivity (Wildman–Crippen MR) is 80.2 cm³/mol. The van der Waals surface area contributed by atoms with Crippen LogP contribution < -0.4 is 11.1 Å². The van der Waals surface area contributed by atoms with Gasteiger partial charge in [0.25, 0.3) is 0 Å². The molecule has 2 unspecified atom stereocenters. The molecule has 0 radical (unpaired) electrons. The number of amides is 1. The Labute approximate surface area is 119 Å². The van der Waals surface area contributed by atoms with Crippen LogP contribution >= 0.6 is 24.2 Å². The normalized spacial score (nSPS) is 13.3. The Morgan fingerprint density at radius 1 is 1.33 bits per heavy atom. The number of hydrogen-bond donors (Lipinski definition) is 2. The summed E-state index contributed by atoms with van der Waals surface area (Å²) in [6.07, 6.45) is 0. The van der Waals surface area contributed by atoms with Gasteiger partial charge in [0.05, 0.1) is 0 Å². The van der Waals surface area contributed by atoms with Gasteiger partial charge in [0.2, 0.25) is 5.91 Å². The predicted octanol–water partition coefficient (Wildman–Crippen LogP) is 2.30. The Kier molecular flexibility index (Phi) is 8.89. The average Bonchev–Trinajstić information content (AvgIpc) is 2.34. The highest BCUT2D eigenvalue weighted by molar-refractivity contribution is 7.99. The van der Waals surface area contributed by atoms with Gasteiger partial charge in [0, 0.05) is 29.2 Å². The van der Waals surface area contributed by atoms with Crippen LogP contribution in [0.4, 0.5) is 0 Å². The van der Waals surface area contributed by atoms with Crippen molar-refractivity contribution in [3.05, 3.63) is 30.3 Å². The lowest BCUT2D eigenvalue weighted by Gasteiger charge is -2.15. The van der Waals surface area contributed by atoms with E-state index >= 15 is 0 Å². The van der Waals surface area contributed by atoms with E-state index in [1.807, 2.05) is 32.0 Å². The monoisotopic (exact) mass is 288 g/mol. The van der Waals surface area contributed by atoms with Crippen LogP contribution in [0.1, 0.15) is 13.8 Å². The number of nitrogens with two attached hydrogens (primary N) is 1. The number of rotatable bonds is 6. The van der Waals surface area contributed by atoms with Crippen molar-refractivity contribution in [3.8, 4) is 0 Å². The summed E-state index contributed by atoms with van der Waals surface area (Å²) in [4.78, 5) is 12.8. The van der Waals surface area contributed by atoms with E-state index in [0.29, 0.717) is 6.54 Å². The lowest BCUT2D eigenvalue weighted by molar-refractivity contribution is -0.124. The molecule has 0 heterocycles. The van der Waals surface area contributed by atoms with Gasteiger partial charge in [-0.1, -0.05) is 25.1 Å². The van der Waals surface area contributed by atoms with Gasteiger partial charge in [-0.25, -0.2) is 0 Å². The molecule has 0 saturated heterocycles. The second kappa shape index (κ2) is 9.25. The number of carbonyl (C=O) groups excluding carboxylic acids is 1. The van der Waals surface area contributed by atoms with Crippen molar-refractivity contribution in [2.24, 2.45) is 11.7 Å². The molecular weight excluding hydrogens is 268 g/mol. The van der Waals surface area contributed by atoms with Crippen molar-refractivity contribution >= 4 is 30.1 Å². The summed E-state index contributed by atoms with van der Waals surface area (Å²) in [5.41, 5.74) is 5.67. The van der Waals surface area contributed by atoms with Crippen molar-refractivity contribution in [3.63, 3.8) is 0 Å². The third kappa shape index (κ3) is 6.28. The van der Waals surface area contributed by atoms with Gasteiger partial charge in [0.15, 0.2) is 0 Å². The van der Waals surface area contributed by atoms with Gasteiger partial charge in [-0.2, -0.15) is 0 Å². The summed E-state index contributed by atoms with van der Waals surface area (Å²) in [7, 11) is 0. The molecule has 1 aromatic carbocycles. The van der Waals surface area contributed by atoms with Gasteiger partial charge in [-0.15, -0.1) is 24.2 Å². The van der Waals surface area contributed by atoms with Gasteiger partial charge in [0.1, 0.15) is 0 Å². The van der Waals surface area contributed by atoms with Crippen LogP contribution in [-0.4, -0.2) is 24.2 Å². The van der Waals surface area contributed by atoms with E-state index < -0.39 is 0 Å².